The van der Waals surface area contributed by atoms with Crippen molar-refractivity contribution in [2.45, 2.75) is 12.6 Å². The summed E-state index contributed by atoms with van der Waals surface area (Å²) in [6, 6.07) is 4.96. The molecule has 1 aromatic carbocycles. The summed E-state index contributed by atoms with van der Waals surface area (Å²) in [7, 11) is 1.80. The van der Waals surface area contributed by atoms with Gasteiger partial charge >= 0.3 is 0 Å². The van der Waals surface area contributed by atoms with Crippen molar-refractivity contribution in [1.82, 2.24) is 20.1 Å². The number of aliphatic hydroxyl groups excluding tert-OH is 1. The Morgan fingerprint density at radius 3 is 2.86 bits per heavy atom. The average molecular weight is 331 g/mol. The molecule has 0 aliphatic rings. The summed E-state index contributed by atoms with van der Waals surface area (Å²) in [5, 5.41) is 17.9. The molecule has 0 aliphatic heterocycles. The molecule has 2 rings (SSSR count). The Hall–Kier alpha value is -1.34. The van der Waals surface area contributed by atoms with Crippen molar-refractivity contribution >= 4 is 23.2 Å². The van der Waals surface area contributed by atoms with E-state index in [1.807, 2.05) is 0 Å². The second-order valence-corrected chi connectivity index (χ2v) is 5.32. The lowest BCUT2D eigenvalue weighted by Crippen LogP contribution is -2.31. The summed E-state index contributed by atoms with van der Waals surface area (Å²) < 4.78 is 7.07. The van der Waals surface area contributed by atoms with Crippen molar-refractivity contribution in [3.8, 4) is 5.75 Å². The van der Waals surface area contributed by atoms with Gasteiger partial charge in [0.2, 0.25) is 0 Å². The molecule has 0 bridgehead atoms. The number of rotatable bonds is 7. The van der Waals surface area contributed by atoms with Gasteiger partial charge in [0, 0.05) is 19.7 Å². The van der Waals surface area contributed by atoms with Crippen LogP contribution < -0.4 is 10.1 Å². The second-order valence-electron chi connectivity index (χ2n) is 4.51. The lowest BCUT2D eigenvalue weighted by atomic mass is 10.3. The third kappa shape index (κ3) is 5.17. The van der Waals surface area contributed by atoms with Crippen LogP contribution in [0.15, 0.2) is 24.5 Å². The van der Waals surface area contributed by atoms with Crippen molar-refractivity contribution in [2.75, 3.05) is 13.2 Å². The van der Waals surface area contributed by atoms with Gasteiger partial charge in [-0.2, -0.15) is 5.10 Å². The van der Waals surface area contributed by atoms with E-state index in [2.05, 4.69) is 15.4 Å². The van der Waals surface area contributed by atoms with E-state index in [0.717, 1.165) is 0 Å². The Balaban J connectivity index is 1.69. The number of nitrogens with one attached hydrogen (secondary N) is 1. The molecule has 0 fully saturated rings. The molecule has 0 saturated carbocycles. The second kappa shape index (κ2) is 7.61. The van der Waals surface area contributed by atoms with Crippen LogP contribution in [0.4, 0.5) is 0 Å². The molecule has 8 heteroatoms. The lowest BCUT2D eigenvalue weighted by molar-refractivity contribution is 0.106. The van der Waals surface area contributed by atoms with Gasteiger partial charge in [0.05, 0.1) is 16.6 Å². The van der Waals surface area contributed by atoms with Crippen LogP contribution in [0.5, 0.6) is 5.75 Å². The highest BCUT2D eigenvalue weighted by Crippen LogP contribution is 2.26. The first kappa shape index (κ1) is 16.0. The molecule has 2 aromatic rings. The van der Waals surface area contributed by atoms with Crippen LogP contribution in [-0.4, -0.2) is 39.1 Å². The van der Waals surface area contributed by atoms with Crippen molar-refractivity contribution in [3.63, 3.8) is 0 Å². The number of aliphatic hydroxyl groups is 1. The minimum Gasteiger partial charge on any atom is -0.491 e. The van der Waals surface area contributed by atoms with E-state index in [4.69, 9.17) is 27.9 Å². The van der Waals surface area contributed by atoms with Crippen molar-refractivity contribution in [2.24, 2.45) is 7.05 Å². The highest BCUT2D eigenvalue weighted by molar-refractivity contribution is 6.42. The summed E-state index contributed by atoms with van der Waals surface area (Å²) in [4.78, 5) is 4.07. The first-order valence-electron chi connectivity index (χ1n) is 6.35. The number of ether oxygens (including phenoxy) is 1. The van der Waals surface area contributed by atoms with Gasteiger partial charge in [-0.3, -0.25) is 4.68 Å². The normalized spacial score (nSPS) is 12.4. The molecule has 2 N–H and O–H groups in total. The first-order chi connectivity index (χ1) is 10.0. The fourth-order valence-electron chi connectivity index (χ4n) is 1.63. The first-order valence-corrected chi connectivity index (χ1v) is 7.11. The zero-order valence-electron chi connectivity index (χ0n) is 11.5. The van der Waals surface area contributed by atoms with Gasteiger partial charge in [-0.15, -0.1) is 0 Å². The Labute approximate surface area is 132 Å². The molecule has 1 atom stereocenters. The molecule has 6 nitrogen and oxygen atoms in total. The van der Waals surface area contributed by atoms with E-state index < -0.39 is 6.10 Å². The fraction of sp³-hybridized carbons (Fsp3) is 0.385. The Kier molecular flexibility index (Phi) is 5.81. The Bertz CT molecular complexity index is 591. The quantitative estimate of drug-likeness (QED) is 0.807. The number of aryl methyl sites for hydroxylation is 1. The number of aromatic nitrogens is 3. The number of nitrogens with zero attached hydrogens (tertiary/aromatic N) is 3. The lowest BCUT2D eigenvalue weighted by Gasteiger charge is -2.13. The molecule has 1 unspecified atom stereocenters. The SMILES string of the molecule is Cn1cnc(CNCC(O)COc2ccc(Cl)c(Cl)c2)n1. The molecule has 114 valence electrons. The highest BCUT2D eigenvalue weighted by Gasteiger charge is 2.07. The Morgan fingerprint density at radius 1 is 1.38 bits per heavy atom. The van der Waals surface area contributed by atoms with Crippen LogP contribution in [0.3, 0.4) is 0 Å². The van der Waals surface area contributed by atoms with Gasteiger partial charge in [0.25, 0.3) is 0 Å². The van der Waals surface area contributed by atoms with Gasteiger partial charge in [0.15, 0.2) is 5.82 Å². The summed E-state index contributed by atoms with van der Waals surface area (Å²) >= 11 is 11.7. The summed E-state index contributed by atoms with van der Waals surface area (Å²) in [6.07, 6.45) is 0.976. The van der Waals surface area contributed by atoms with E-state index in [1.54, 1.807) is 36.3 Å². The minimum absolute atomic E-state index is 0.153. The molecular formula is C13H16Cl2N4O2. The van der Waals surface area contributed by atoms with Crippen molar-refractivity contribution < 1.29 is 9.84 Å². The predicted molar refractivity (Wildman–Crippen MR) is 80.7 cm³/mol. The van der Waals surface area contributed by atoms with Gasteiger partial charge in [-0.25, -0.2) is 4.98 Å². The van der Waals surface area contributed by atoms with E-state index in [-0.39, 0.29) is 6.61 Å². The van der Waals surface area contributed by atoms with Crippen molar-refractivity contribution in [3.05, 3.63) is 40.4 Å². The monoisotopic (exact) mass is 330 g/mol. The average Bonchev–Trinajstić information content (AvgIpc) is 2.86. The number of hydrogen-bond acceptors (Lipinski definition) is 5. The maximum Gasteiger partial charge on any atom is 0.164 e. The third-order valence-corrected chi connectivity index (χ3v) is 3.38. The molecule has 0 aliphatic carbocycles. The molecule has 21 heavy (non-hydrogen) atoms. The smallest absolute Gasteiger partial charge is 0.164 e. The van der Waals surface area contributed by atoms with E-state index in [0.29, 0.717) is 34.7 Å². The standard InChI is InChI=1S/C13H16Cl2N4O2/c1-19-8-17-13(18-19)6-16-5-9(20)7-21-10-2-3-11(14)12(15)4-10/h2-4,8-9,16,20H,5-7H2,1H3. The summed E-state index contributed by atoms with van der Waals surface area (Å²) in [5.74, 6) is 1.24. The van der Waals surface area contributed by atoms with Crippen LogP contribution in [-0.2, 0) is 13.6 Å². The molecule has 0 spiro atoms. The fourth-order valence-corrected chi connectivity index (χ4v) is 1.92. The maximum absolute atomic E-state index is 9.83. The molecule has 1 aromatic heterocycles. The van der Waals surface area contributed by atoms with Gasteiger partial charge < -0.3 is 15.2 Å². The van der Waals surface area contributed by atoms with Gasteiger partial charge in [-0.05, 0) is 12.1 Å². The third-order valence-electron chi connectivity index (χ3n) is 2.64. The molecule has 1 heterocycles. The van der Waals surface area contributed by atoms with Crippen LogP contribution >= 0.6 is 23.2 Å². The van der Waals surface area contributed by atoms with Crippen LogP contribution in [0.1, 0.15) is 5.82 Å². The maximum atomic E-state index is 9.83. The molecule has 0 radical (unpaired) electrons. The Morgan fingerprint density at radius 2 is 2.19 bits per heavy atom. The van der Waals surface area contributed by atoms with Gasteiger partial charge in [0.1, 0.15) is 24.8 Å². The summed E-state index contributed by atoms with van der Waals surface area (Å²) in [6.45, 7) is 1.02. The number of hydrogen-bond donors (Lipinski definition) is 2. The van der Waals surface area contributed by atoms with Gasteiger partial charge in [-0.1, -0.05) is 23.2 Å². The largest absolute Gasteiger partial charge is 0.491 e. The molecular weight excluding hydrogens is 315 g/mol. The van der Waals surface area contributed by atoms with E-state index in [1.165, 1.54) is 0 Å². The number of halogens is 2. The zero-order chi connectivity index (χ0) is 15.2. The van der Waals surface area contributed by atoms with Crippen LogP contribution in [0.2, 0.25) is 10.0 Å². The van der Waals surface area contributed by atoms with Crippen LogP contribution in [0.25, 0.3) is 0 Å². The van der Waals surface area contributed by atoms with Crippen molar-refractivity contribution in [1.29, 1.82) is 0 Å². The van der Waals surface area contributed by atoms with Crippen LogP contribution in [0, 0.1) is 0 Å². The van der Waals surface area contributed by atoms with E-state index in [9.17, 15) is 5.11 Å². The highest BCUT2D eigenvalue weighted by atomic mass is 35.5. The zero-order valence-corrected chi connectivity index (χ0v) is 13.0. The predicted octanol–water partition coefficient (Wildman–Crippen LogP) is 1.65. The molecule has 0 saturated heterocycles. The van der Waals surface area contributed by atoms with E-state index >= 15 is 0 Å². The summed E-state index contributed by atoms with van der Waals surface area (Å²) in [5.41, 5.74) is 0. The minimum atomic E-state index is -0.650. The topological polar surface area (TPSA) is 72.2 Å². The molecule has 0 amide bonds. The number of benzene rings is 1.